The number of carbonyl (C=O) groups is 2. The van der Waals surface area contributed by atoms with Crippen molar-refractivity contribution >= 4 is 29.0 Å². The summed E-state index contributed by atoms with van der Waals surface area (Å²) in [4.78, 5) is 23.8. The van der Waals surface area contributed by atoms with Gasteiger partial charge in [0.2, 0.25) is 6.29 Å². The first-order valence-corrected chi connectivity index (χ1v) is 6.43. The van der Waals surface area contributed by atoms with Gasteiger partial charge in [-0.2, -0.15) is 0 Å². The lowest BCUT2D eigenvalue weighted by Gasteiger charge is -2.11. The van der Waals surface area contributed by atoms with E-state index in [2.05, 4.69) is 5.32 Å². The van der Waals surface area contributed by atoms with Crippen LogP contribution in [0.15, 0.2) is 48.5 Å². The molecule has 0 aromatic heterocycles. The van der Waals surface area contributed by atoms with E-state index in [0.29, 0.717) is 10.6 Å². The Morgan fingerprint density at radius 2 is 1.71 bits per heavy atom. The van der Waals surface area contributed by atoms with Gasteiger partial charge in [0, 0.05) is 16.1 Å². The Balaban J connectivity index is 2.40. The SMILES string of the molecule is O=C(c1ccccc1)c1cc(Cl)ccc1NC(=O)C(O)O. The van der Waals surface area contributed by atoms with E-state index in [4.69, 9.17) is 21.8 Å². The molecule has 0 fully saturated rings. The first-order valence-electron chi connectivity index (χ1n) is 6.05. The summed E-state index contributed by atoms with van der Waals surface area (Å²) in [6.07, 6.45) is -2.17. The lowest BCUT2D eigenvalue weighted by molar-refractivity contribution is -0.141. The average molecular weight is 306 g/mol. The third kappa shape index (κ3) is 3.66. The zero-order chi connectivity index (χ0) is 15.4. The second-order valence-electron chi connectivity index (χ2n) is 4.25. The van der Waals surface area contributed by atoms with Gasteiger partial charge in [-0.3, -0.25) is 9.59 Å². The van der Waals surface area contributed by atoms with Crippen LogP contribution in [0, 0.1) is 0 Å². The van der Waals surface area contributed by atoms with Crippen molar-refractivity contribution in [2.45, 2.75) is 6.29 Å². The van der Waals surface area contributed by atoms with Crippen LogP contribution in [0.3, 0.4) is 0 Å². The molecule has 5 nitrogen and oxygen atoms in total. The molecule has 0 aliphatic carbocycles. The highest BCUT2D eigenvalue weighted by Gasteiger charge is 2.18. The molecule has 0 heterocycles. The minimum atomic E-state index is -2.17. The number of aliphatic hydroxyl groups excluding tert-OH is 1. The molecule has 0 saturated carbocycles. The smallest absolute Gasteiger partial charge is 0.280 e. The average Bonchev–Trinajstić information content (AvgIpc) is 2.49. The first-order chi connectivity index (χ1) is 9.99. The Kier molecular flexibility index (Phi) is 4.70. The normalized spacial score (nSPS) is 10.5. The van der Waals surface area contributed by atoms with Crippen molar-refractivity contribution in [3.8, 4) is 0 Å². The fourth-order valence-corrected chi connectivity index (χ4v) is 1.93. The highest BCUT2D eigenvalue weighted by atomic mass is 35.5. The maximum atomic E-state index is 12.4. The van der Waals surface area contributed by atoms with Gasteiger partial charge in [0.15, 0.2) is 5.78 Å². The number of nitrogens with one attached hydrogen (secondary N) is 1. The molecule has 0 spiro atoms. The molecule has 1 amide bonds. The van der Waals surface area contributed by atoms with Crippen LogP contribution in [0.5, 0.6) is 0 Å². The molecule has 108 valence electrons. The summed E-state index contributed by atoms with van der Waals surface area (Å²) in [5, 5.41) is 20.2. The zero-order valence-corrected chi connectivity index (χ0v) is 11.5. The van der Waals surface area contributed by atoms with Crippen molar-refractivity contribution in [2.75, 3.05) is 5.32 Å². The third-order valence-corrected chi connectivity index (χ3v) is 2.99. The number of amides is 1. The molecule has 6 heteroatoms. The minimum absolute atomic E-state index is 0.159. The summed E-state index contributed by atoms with van der Waals surface area (Å²) in [5.41, 5.74) is 0.758. The van der Waals surface area contributed by atoms with Crippen LogP contribution >= 0.6 is 11.6 Å². The number of halogens is 1. The quantitative estimate of drug-likeness (QED) is 0.594. The molecular formula is C15H12ClNO4. The second kappa shape index (κ2) is 6.49. The summed E-state index contributed by atoms with van der Waals surface area (Å²) in [7, 11) is 0. The second-order valence-corrected chi connectivity index (χ2v) is 4.68. The topological polar surface area (TPSA) is 86.6 Å². The lowest BCUT2D eigenvalue weighted by Crippen LogP contribution is -2.27. The zero-order valence-electron chi connectivity index (χ0n) is 10.8. The van der Waals surface area contributed by atoms with E-state index >= 15 is 0 Å². The van der Waals surface area contributed by atoms with Gasteiger partial charge in [0.25, 0.3) is 5.91 Å². The Morgan fingerprint density at radius 1 is 1.05 bits per heavy atom. The third-order valence-electron chi connectivity index (χ3n) is 2.75. The Labute approximate surface area is 125 Å². The van der Waals surface area contributed by atoms with Gasteiger partial charge in [-0.05, 0) is 18.2 Å². The molecule has 21 heavy (non-hydrogen) atoms. The van der Waals surface area contributed by atoms with Gasteiger partial charge in [-0.1, -0.05) is 41.9 Å². The number of aliphatic hydroxyl groups is 2. The van der Waals surface area contributed by atoms with E-state index < -0.39 is 12.2 Å². The van der Waals surface area contributed by atoms with Gasteiger partial charge >= 0.3 is 0 Å². The monoisotopic (exact) mass is 305 g/mol. The van der Waals surface area contributed by atoms with Gasteiger partial charge in [-0.25, -0.2) is 0 Å². The number of rotatable bonds is 4. The molecule has 0 bridgehead atoms. The van der Waals surface area contributed by atoms with E-state index in [1.807, 2.05) is 0 Å². The number of hydrogen-bond donors (Lipinski definition) is 3. The van der Waals surface area contributed by atoms with Gasteiger partial charge < -0.3 is 15.5 Å². The van der Waals surface area contributed by atoms with Gasteiger partial charge in [0.1, 0.15) is 0 Å². The molecular weight excluding hydrogens is 294 g/mol. The van der Waals surface area contributed by atoms with E-state index in [0.717, 1.165) is 0 Å². The van der Waals surface area contributed by atoms with E-state index in [1.165, 1.54) is 18.2 Å². The summed E-state index contributed by atoms with van der Waals surface area (Å²) in [6.45, 7) is 0. The van der Waals surface area contributed by atoms with E-state index in [-0.39, 0.29) is 17.0 Å². The van der Waals surface area contributed by atoms with Crippen LogP contribution in [-0.4, -0.2) is 28.2 Å². The van der Waals surface area contributed by atoms with Crippen LogP contribution in [0.25, 0.3) is 0 Å². The highest BCUT2D eigenvalue weighted by Crippen LogP contribution is 2.23. The molecule has 0 unspecified atom stereocenters. The summed E-state index contributed by atoms with van der Waals surface area (Å²) in [6, 6.07) is 12.8. The summed E-state index contributed by atoms with van der Waals surface area (Å²) >= 11 is 5.88. The molecule has 3 N–H and O–H groups in total. The number of anilines is 1. The Hall–Kier alpha value is -2.21. The standard InChI is InChI=1S/C15H12ClNO4/c16-10-6-7-12(17-14(19)15(20)21)11(8-10)13(18)9-4-2-1-3-5-9/h1-8,15,20-21H,(H,17,19). The molecule has 0 aliphatic heterocycles. The predicted molar refractivity (Wildman–Crippen MR) is 78.2 cm³/mol. The number of ketones is 1. The molecule has 2 aromatic carbocycles. The molecule has 0 atom stereocenters. The van der Waals surface area contributed by atoms with Crippen LogP contribution in [0.2, 0.25) is 5.02 Å². The largest absolute Gasteiger partial charge is 0.361 e. The van der Waals surface area contributed by atoms with Crippen LogP contribution < -0.4 is 5.32 Å². The Morgan fingerprint density at radius 3 is 2.33 bits per heavy atom. The summed E-state index contributed by atoms with van der Waals surface area (Å²) < 4.78 is 0. The van der Waals surface area contributed by atoms with Gasteiger partial charge in [-0.15, -0.1) is 0 Å². The Bertz CT molecular complexity index is 671. The highest BCUT2D eigenvalue weighted by molar-refractivity contribution is 6.31. The maximum absolute atomic E-state index is 12.4. The van der Waals surface area contributed by atoms with Crippen molar-refractivity contribution in [1.82, 2.24) is 0 Å². The fraction of sp³-hybridized carbons (Fsp3) is 0.0667. The van der Waals surface area contributed by atoms with Crippen molar-refractivity contribution in [1.29, 1.82) is 0 Å². The van der Waals surface area contributed by atoms with E-state index in [1.54, 1.807) is 30.3 Å². The summed E-state index contributed by atoms with van der Waals surface area (Å²) in [5.74, 6) is -1.36. The number of hydrogen-bond acceptors (Lipinski definition) is 4. The maximum Gasteiger partial charge on any atom is 0.280 e. The van der Waals surface area contributed by atoms with Crippen molar-refractivity contribution in [3.05, 3.63) is 64.7 Å². The molecule has 0 radical (unpaired) electrons. The molecule has 2 rings (SSSR count). The molecule has 0 saturated heterocycles. The predicted octanol–water partition coefficient (Wildman–Crippen LogP) is 1.82. The van der Waals surface area contributed by atoms with Crippen LogP contribution in [0.4, 0.5) is 5.69 Å². The van der Waals surface area contributed by atoms with Crippen LogP contribution in [-0.2, 0) is 4.79 Å². The van der Waals surface area contributed by atoms with E-state index in [9.17, 15) is 9.59 Å². The lowest BCUT2D eigenvalue weighted by atomic mass is 10.0. The number of carbonyl (C=O) groups excluding carboxylic acids is 2. The van der Waals surface area contributed by atoms with Crippen molar-refractivity contribution in [3.63, 3.8) is 0 Å². The molecule has 2 aromatic rings. The van der Waals surface area contributed by atoms with Crippen molar-refractivity contribution in [2.24, 2.45) is 0 Å². The number of benzene rings is 2. The van der Waals surface area contributed by atoms with Crippen molar-refractivity contribution < 1.29 is 19.8 Å². The van der Waals surface area contributed by atoms with Crippen LogP contribution in [0.1, 0.15) is 15.9 Å². The first kappa shape index (κ1) is 15.2. The minimum Gasteiger partial charge on any atom is -0.361 e. The molecule has 0 aliphatic rings. The van der Waals surface area contributed by atoms with Gasteiger partial charge in [0.05, 0.1) is 5.69 Å². The fourth-order valence-electron chi connectivity index (χ4n) is 1.76.